The van der Waals surface area contributed by atoms with Crippen molar-refractivity contribution in [1.29, 1.82) is 5.26 Å². The minimum absolute atomic E-state index is 0.0507. The van der Waals surface area contributed by atoms with Crippen LogP contribution in [0.25, 0.3) is 0 Å². The molecule has 0 saturated carbocycles. The summed E-state index contributed by atoms with van der Waals surface area (Å²) in [6.07, 6.45) is -0.0796. The molecule has 174 valence electrons. The Morgan fingerprint density at radius 3 is 2.61 bits per heavy atom. The molecule has 1 N–H and O–H groups in total. The van der Waals surface area contributed by atoms with Gasteiger partial charge >= 0.3 is 6.18 Å². The zero-order valence-corrected chi connectivity index (χ0v) is 18.3. The van der Waals surface area contributed by atoms with Crippen LogP contribution < -0.4 is 4.90 Å². The summed E-state index contributed by atoms with van der Waals surface area (Å²) in [5.41, 5.74) is 0.225. The molecule has 1 unspecified atom stereocenters. The number of aliphatic hydroxyl groups is 1. The van der Waals surface area contributed by atoms with Crippen LogP contribution in [0, 0.1) is 29.6 Å². The summed E-state index contributed by atoms with van der Waals surface area (Å²) in [5.74, 6) is -0.209. The minimum Gasteiger partial charge on any atom is -0.396 e. The van der Waals surface area contributed by atoms with E-state index in [1.165, 1.54) is 6.07 Å². The Morgan fingerprint density at radius 1 is 1.27 bits per heavy atom. The molecule has 1 spiro atoms. The second-order valence-electron chi connectivity index (χ2n) is 9.01. The number of pyridine rings is 1. The van der Waals surface area contributed by atoms with Gasteiger partial charge in [-0.1, -0.05) is 0 Å². The highest BCUT2D eigenvalue weighted by Gasteiger charge is 2.49. The molecular weight excluding hydrogens is 433 g/mol. The molecule has 1 atom stereocenters. The molecule has 1 aromatic heterocycles. The van der Waals surface area contributed by atoms with Crippen LogP contribution in [0.5, 0.6) is 0 Å². The number of piperidine rings is 1. The molecule has 3 heterocycles. The number of aliphatic hydroxyl groups excluding tert-OH is 1. The monoisotopic (exact) mass is 458 g/mol. The van der Waals surface area contributed by atoms with Gasteiger partial charge < -0.3 is 14.9 Å². The number of nitrogens with zero attached hydrogens (tertiary/aromatic N) is 4. The van der Waals surface area contributed by atoms with Crippen molar-refractivity contribution in [3.63, 3.8) is 0 Å². The van der Waals surface area contributed by atoms with Gasteiger partial charge in [0, 0.05) is 56.8 Å². The van der Waals surface area contributed by atoms with Crippen molar-refractivity contribution in [1.82, 2.24) is 9.88 Å². The van der Waals surface area contributed by atoms with Crippen LogP contribution in [-0.2, 0) is 6.18 Å². The lowest BCUT2D eigenvalue weighted by Gasteiger charge is -2.43. The largest absolute Gasteiger partial charge is 0.417 e. The summed E-state index contributed by atoms with van der Waals surface area (Å²) >= 11 is 0. The first-order valence-electron chi connectivity index (χ1n) is 10.8. The molecule has 33 heavy (non-hydrogen) atoms. The molecule has 0 bridgehead atoms. The van der Waals surface area contributed by atoms with Gasteiger partial charge in [-0.3, -0.25) is 9.78 Å². The summed E-state index contributed by atoms with van der Waals surface area (Å²) in [4.78, 5) is 20.8. The molecule has 1 aromatic carbocycles. The van der Waals surface area contributed by atoms with E-state index in [0.717, 1.165) is 11.6 Å². The van der Waals surface area contributed by atoms with Crippen LogP contribution in [0.15, 0.2) is 36.7 Å². The van der Waals surface area contributed by atoms with E-state index < -0.39 is 17.3 Å². The van der Waals surface area contributed by atoms with Crippen LogP contribution in [0.2, 0.25) is 0 Å². The number of hydrogen-bond donors (Lipinski definition) is 1. The van der Waals surface area contributed by atoms with E-state index in [1.807, 2.05) is 11.8 Å². The molecule has 0 radical (unpaired) electrons. The van der Waals surface area contributed by atoms with Crippen molar-refractivity contribution in [3.8, 4) is 6.07 Å². The van der Waals surface area contributed by atoms with E-state index in [1.54, 1.807) is 35.5 Å². The number of nitriles is 1. The Morgan fingerprint density at radius 2 is 2.00 bits per heavy atom. The maximum Gasteiger partial charge on any atom is 0.417 e. The maximum atomic E-state index is 13.4. The van der Waals surface area contributed by atoms with Crippen molar-refractivity contribution in [2.75, 3.05) is 37.7 Å². The van der Waals surface area contributed by atoms with Crippen molar-refractivity contribution < 1.29 is 23.1 Å². The Kier molecular flexibility index (Phi) is 6.06. The fourth-order valence-electron chi connectivity index (χ4n) is 5.13. The molecule has 1 amide bonds. The third-order valence-electron chi connectivity index (χ3n) is 7.00. The van der Waals surface area contributed by atoms with E-state index in [-0.39, 0.29) is 23.8 Å². The number of alkyl halides is 3. The van der Waals surface area contributed by atoms with Crippen LogP contribution in [0.1, 0.15) is 39.9 Å². The van der Waals surface area contributed by atoms with Crippen molar-refractivity contribution >= 4 is 11.6 Å². The predicted octanol–water partition coefficient (Wildman–Crippen LogP) is 3.63. The number of benzene rings is 1. The Bertz CT molecular complexity index is 1090. The maximum absolute atomic E-state index is 13.4. The summed E-state index contributed by atoms with van der Waals surface area (Å²) in [5, 5.41) is 19.1. The van der Waals surface area contributed by atoms with Gasteiger partial charge in [-0.15, -0.1) is 0 Å². The van der Waals surface area contributed by atoms with E-state index in [9.17, 15) is 23.1 Å². The smallest absolute Gasteiger partial charge is 0.396 e. The Labute approximate surface area is 190 Å². The first-order valence-corrected chi connectivity index (χ1v) is 10.8. The lowest BCUT2D eigenvalue weighted by Crippen LogP contribution is -2.45. The summed E-state index contributed by atoms with van der Waals surface area (Å²) in [6.45, 7) is 3.78. The number of rotatable bonds is 3. The van der Waals surface area contributed by atoms with Gasteiger partial charge in [0.1, 0.15) is 0 Å². The Balaban J connectivity index is 1.50. The molecule has 2 aliphatic rings. The molecule has 4 rings (SSSR count). The lowest BCUT2D eigenvalue weighted by molar-refractivity contribution is -0.137. The van der Waals surface area contributed by atoms with Gasteiger partial charge in [-0.2, -0.15) is 18.4 Å². The van der Waals surface area contributed by atoms with Gasteiger partial charge in [0.15, 0.2) is 0 Å². The zero-order chi connectivity index (χ0) is 23.8. The van der Waals surface area contributed by atoms with Gasteiger partial charge in [-0.25, -0.2) is 0 Å². The normalized spacial score (nSPS) is 20.2. The van der Waals surface area contributed by atoms with Crippen LogP contribution in [0.4, 0.5) is 18.9 Å². The highest BCUT2D eigenvalue weighted by molar-refractivity contribution is 5.94. The van der Waals surface area contributed by atoms with Crippen LogP contribution >= 0.6 is 0 Å². The number of hydrogen-bond acceptors (Lipinski definition) is 5. The van der Waals surface area contributed by atoms with Crippen LogP contribution in [0.3, 0.4) is 0 Å². The van der Waals surface area contributed by atoms with Crippen molar-refractivity contribution in [2.24, 2.45) is 11.3 Å². The van der Waals surface area contributed by atoms with Crippen molar-refractivity contribution in [3.05, 3.63) is 58.9 Å². The number of carbonyl (C=O) groups excluding carboxylic acids is 1. The SMILES string of the molecule is Cc1cncc(C(=O)N2CC(CO)C3(CCN(c4ccc(C#N)c(C(F)(F)F)c4)CC3)C2)c1. The number of aromatic nitrogens is 1. The molecule has 2 aliphatic heterocycles. The highest BCUT2D eigenvalue weighted by Crippen LogP contribution is 2.46. The van der Waals surface area contributed by atoms with Gasteiger partial charge in [0.05, 0.1) is 22.8 Å². The average Bonchev–Trinajstić information content (AvgIpc) is 3.16. The van der Waals surface area contributed by atoms with Gasteiger partial charge in [0.2, 0.25) is 0 Å². The molecule has 2 aromatic rings. The third kappa shape index (κ3) is 4.40. The molecule has 9 heteroatoms. The van der Waals surface area contributed by atoms with Crippen LogP contribution in [-0.4, -0.2) is 53.7 Å². The second kappa shape index (κ2) is 8.67. The van der Waals surface area contributed by atoms with E-state index in [4.69, 9.17) is 5.26 Å². The number of amides is 1. The molecular formula is C24H25F3N4O2. The Hall–Kier alpha value is -3.12. The standard InChI is InChI=1S/C24H25F3N4O2/c1-16-8-18(12-29-11-16)22(33)31-13-19(14-32)23(15-31)4-6-30(7-5-23)20-3-2-17(10-28)21(9-20)24(25,26)27/h2-3,8-9,11-12,19,32H,4-7,13-15H2,1H3. The number of anilines is 1. The molecule has 0 aliphatic carbocycles. The quantitative estimate of drug-likeness (QED) is 0.760. The minimum atomic E-state index is -4.60. The molecule has 6 nitrogen and oxygen atoms in total. The van der Waals surface area contributed by atoms with E-state index in [0.29, 0.717) is 50.3 Å². The van der Waals surface area contributed by atoms with Crippen molar-refractivity contribution in [2.45, 2.75) is 25.9 Å². The topological polar surface area (TPSA) is 80.5 Å². The highest BCUT2D eigenvalue weighted by atomic mass is 19.4. The average molecular weight is 458 g/mol. The van der Waals surface area contributed by atoms with E-state index >= 15 is 0 Å². The van der Waals surface area contributed by atoms with Gasteiger partial charge in [-0.05, 0) is 55.0 Å². The zero-order valence-electron chi connectivity index (χ0n) is 18.3. The number of likely N-dealkylation sites (tertiary alicyclic amines) is 1. The first kappa shape index (κ1) is 23.1. The number of halogens is 3. The molecule has 2 saturated heterocycles. The number of carbonyl (C=O) groups is 1. The summed E-state index contributed by atoms with van der Waals surface area (Å²) in [7, 11) is 0. The van der Waals surface area contributed by atoms with Gasteiger partial charge in [0.25, 0.3) is 5.91 Å². The molecule has 2 fully saturated rings. The fraction of sp³-hybridized carbons (Fsp3) is 0.458. The predicted molar refractivity (Wildman–Crippen MR) is 115 cm³/mol. The fourth-order valence-corrected chi connectivity index (χ4v) is 5.13. The number of aryl methyl sites for hydroxylation is 1. The second-order valence-corrected chi connectivity index (χ2v) is 9.01. The summed E-state index contributed by atoms with van der Waals surface area (Å²) in [6, 6.07) is 7.20. The van der Waals surface area contributed by atoms with E-state index in [2.05, 4.69) is 4.98 Å². The third-order valence-corrected chi connectivity index (χ3v) is 7.00. The summed E-state index contributed by atoms with van der Waals surface area (Å²) < 4.78 is 40.1. The lowest BCUT2D eigenvalue weighted by atomic mass is 9.71. The first-order chi connectivity index (χ1) is 15.7.